The molecule has 15 heavy (non-hydrogen) atoms. The lowest BCUT2D eigenvalue weighted by Gasteiger charge is -2.19. The Labute approximate surface area is 87.8 Å². The molecule has 0 aromatic carbocycles. The van der Waals surface area contributed by atoms with Crippen LogP contribution in [0.3, 0.4) is 0 Å². The molecule has 0 aromatic heterocycles. The standard InChI is InChI=1S/C9H16N2O4/c1-3-4-6(10)8(13)11-7(5(2)12)9(14)15/h3,5-7,12H,1,4,10H2,2H3,(H,11,13)(H,14,15)/t5-,6?,7+/m1/s1. The van der Waals surface area contributed by atoms with E-state index >= 15 is 0 Å². The molecule has 0 spiro atoms. The molecule has 0 heterocycles. The maximum Gasteiger partial charge on any atom is 0.328 e. The Bertz CT molecular complexity index is 252. The minimum Gasteiger partial charge on any atom is -0.480 e. The van der Waals surface area contributed by atoms with Crippen LogP contribution < -0.4 is 11.1 Å². The average Bonchev–Trinajstić information content (AvgIpc) is 2.12. The molecular formula is C9H16N2O4. The lowest BCUT2D eigenvalue weighted by molar-refractivity contribution is -0.144. The minimum absolute atomic E-state index is 0.248. The SMILES string of the molecule is C=CCC(N)C(=O)N[C@H](C(=O)O)[C@@H](C)O. The van der Waals surface area contributed by atoms with E-state index in [0.29, 0.717) is 0 Å². The predicted octanol–water partition coefficient (Wildman–Crippen LogP) is -1.16. The van der Waals surface area contributed by atoms with Crippen LogP contribution in [0.15, 0.2) is 12.7 Å². The summed E-state index contributed by atoms with van der Waals surface area (Å²) < 4.78 is 0. The van der Waals surface area contributed by atoms with Gasteiger partial charge in [0.1, 0.15) is 0 Å². The molecule has 0 rings (SSSR count). The van der Waals surface area contributed by atoms with Crippen LogP contribution in [0.5, 0.6) is 0 Å². The first-order valence-corrected chi connectivity index (χ1v) is 4.47. The monoisotopic (exact) mass is 216 g/mol. The molecule has 0 aliphatic rings. The highest BCUT2D eigenvalue weighted by molar-refractivity contribution is 5.87. The smallest absolute Gasteiger partial charge is 0.328 e. The molecule has 0 fully saturated rings. The van der Waals surface area contributed by atoms with E-state index in [1.165, 1.54) is 13.0 Å². The molecule has 0 radical (unpaired) electrons. The Morgan fingerprint density at radius 2 is 2.13 bits per heavy atom. The van der Waals surface area contributed by atoms with E-state index in [0.717, 1.165) is 0 Å². The van der Waals surface area contributed by atoms with Crippen molar-refractivity contribution >= 4 is 11.9 Å². The molecule has 6 nitrogen and oxygen atoms in total. The van der Waals surface area contributed by atoms with Gasteiger partial charge in [0.15, 0.2) is 6.04 Å². The first-order valence-electron chi connectivity index (χ1n) is 4.47. The number of hydrogen-bond donors (Lipinski definition) is 4. The van der Waals surface area contributed by atoms with Gasteiger partial charge < -0.3 is 21.3 Å². The molecule has 0 aliphatic carbocycles. The van der Waals surface area contributed by atoms with E-state index < -0.39 is 30.1 Å². The van der Waals surface area contributed by atoms with E-state index in [1.807, 2.05) is 0 Å². The molecule has 0 saturated heterocycles. The van der Waals surface area contributed by atoms with Crippen molar-refractivity contribution in [2.24, 2.45) is 5.73 Å². The lowest BCUT2D eigenvalue weighted by atomic mass is 10.1. The summed E-state index contributed by atoms with van der Waals surface area (Å²) in [6.07, 6.45) is 0.530. The van der Waals surface area contributed by atoms with E-state index in [4.69, 9.17) is 15.9 Å². The fourth-order valence-electron chi connectivity index (χ4n) is 0.936. The third-order valence-electron chi connectivity index (χ3n) is 1.80. The second kappa shape index (κ2) is 6.15. The number of carboxylic acids is 1. The van der Waals surface area contributed by atoms with Crippen LogP contribution in [-0.4, -0.2) is 40.3 Å². The number of aliphatic hydroxyl groups excluding tert-OH is 1. The van der Waals surface area contributed by atoms with Gasteiger partial charge >= 0.3 is 5.97 Å². The summed E-state index contributed by atoms with van der Waals surface area (Å²) in [5, 5.41) is 19.9. The summed E-state index contributed by atoms with van der Waals surface area (Å²) in [4.78, 5) is 21.9. The molecule has 0 bridgehead atoms. The number of carbonyl (C=O) groups is 2. The average molecular weight is 216 g/mol. The van der Waals surface area contributed by atoms with Gasteiger partial charge in [-0.25, -0.2) is 4.79 Å². The highest BCUT2D eigenvalue weighted by Gasteiger charge is 2.26. The highest BCUT2D eigenvalue weighted by Crippen LogP contribution is 1.96. The molecule has 3 atom stereocenters. The minimum atomic E-state index is -1.34. The molecule has 86 valence electrons. The van der Waals surface area contributed by atoms with Gasteiger partial charge in [0.05, 0.1) is 12.1 Å². The maximum atomic E-state index is 11.3. The summed E-state index contributed by atoms with van der Waals surface area (Å²) >= 11 is 0. The van der Waals surface area contributed by atoms with Crippen molar-refractivity contribution in [3.8, 4) is 0 Å². The maximum absolute atomic E-state index is 11.3. The van der Waals surface area contributed by atoms with Gasteiger partial charge in [-0.2, -0.15) is 0 Å². The van der Waals surface area contributed by atoms with Crippen LogP contribution in [0.4, 0.5) is 0 Å². The zero-order valence-corrected chi connectivity index (χ0v) is 8.51. The number of nitrogens with two attached hydrogens (primary N) is 1. The zero-order chi connectivity index (χ0) is 12.0. The van der Waals surface area contributed by atoms with E-state index in [9.17, 15) is 9.59 Å². The fourth-order valence-corrected chi connectivity index (χ4v) is 0.936. The number of amides is 1. The van der Waals surface area contributed by atoms with Gasteiger partial charge in [0.2, 0.25) is 5.91 Å². The van der Waals surface area contributed by atoms with Crippen molar-refractivity contribution in [2.75, 3.05) is 0 Å². The summed E-state index contributed by atoms with van der Waals surface area (Å²) in [5.41, 5.74) is 5.42. The second-order valence-electron chi connectivity index (χ2n) is 3.20. The molecular weight excluding hydrogens is 200 g/mol. The Balaban J connectivity index is 4.35. The second-order valence-corrected chi connectivity index (χ2v) is 3.20. The number of aliphatic hydroxyl groups is 1. The molecule has 0 saturated carbocycles. The molecule has 0 aliphatic heterocycles. The van der Waals surface area contributed by atoms with Gasteiger partial charge in [-0.05, 0) is 13.3 Å². The molecule has 1 unspecified atom stereocenters. The topological polar surface area (TPSA) is 113 Å². The highest BCUT2D eigenvalue weighted by atomic mass is 16.4. The van der Waals surface area contributed by atoms with Crippen molar-refractivity contribution in [3.63, 3.8) is 0 Å². The van der Waals surface area contributed by atoms with E-state index in [-0.39, 0.29) is 6.42 Å². The van der Waals surface area contributed by atoms with Gasteiger partial charge in [0, 0.05) is 0 Å². The molecule has 0 aromatic rings. The zero-order valence-electron chi connectivity index (χ0n) is 8.51. The van der Waals surface area contributed by atoms with Crippen LogP contribution in [0.25, 0.3) is 0 Å². The van der Waals surface area contributed by atoms with E-state index in [1.54, 1.807) is 0 Å². The summed E-state index contributed by atoms with van der Waals surface area (Å²) in [6, 6.07) is -2.18. The summed E-state index contributed by atoms with van der Waals surface area (Å²) in [5.74, 6) is -1.92. The quantitative estimate of drug-likeness (QED) is 0.418. The van der Waals surface area contributed by atoms with Gasteiger partial charge in [0.25, 0.3) is 0 Å². The van der Waals surface area contributed by atoms with E-state index in [2.05, 4.69) is 11.9 Å². The van der Waals surface area contributed by atoms with Gasteiger partial charge in [-0.1, -0.05) is 6.08 Å². The lowest BCUT2D eigenvalue weighted by Crippen LogP contribution is -2.52. The Morgan fingerprint density at radius 1 is 1.60 bits per heavy atom. The van der Waals surface area contributed by atoms with Crippen LogP contribution in [-0.2, 0) is 9.59 Å². The van der Waals surface area contributed by atoms with Crippen molar-refractivity contribution < 1.29 is 19.8 Å². The summed E-state index contributed by atoms with van der Waals surface area (Å²) in [6.45, 7) is 4.68. The first kappa shape index (κ1) is 13.6. The van der Waals surface area contributed by atoms with Crippen LogP contribution in [0.1, 0.15) is 13.3 Å². The van der Waals surface area contributed by atoms with Crippen LogP contribution in [0.2, 0.25) is 0 Å². The van der Waals surface area contributed by atoms with Crippen LogP contribution >= 0.6 is 0 Å². The summed E-state index contributed by atoms with van der Waals surface area (Å²) in [7, 11) is 0. The number of hydrogen-bond acceptors (Lipinski definition) is 4. The number of carbonyl (C=O) groups excluding carboxylic acids is 1. The number of rotatable bonds is 6. The fraction of sp³-hybridized carbons (Fsp3) is 0.556. The number of aliphatic carboxylic acids is 1. The normalized spacial score (nSPS) is 16.2. The number of nitrogens with one attached hydrogen (secondary N) is 1. The number of carboxylic acid groups (broad SMARTS) is 1. The largest absolute Gasteiger partial charge is 0.480 e. The Morgan fingerprint density at radius 3 is 2.47 bits per heavy atom. The Kier molecular flexibility index (Phi) is 5.58. The van der Waals surface area contributed by atoms with Gasteiger partial charge in [-0.3, -0.25) is 4.79 Å². The Hall–Kier alpha value is -1.40. The van der Waals surface area contributed by atoms with Gasteiger partial charge in [-0.15, -0.1) is 6.58 Å². The third kappa shape index (κ3) is 4.57. The first-order chi connectivity index (χ1) is 6.90. The molecule has 1 amide bonds. The molecule has 6 heteroatoms. The van der Waals surface area contributed by atoms with Crippen LogP contribution in [0, 0.1) is 0 Å². The van der Waals surface area contributed by atoms with Crippen molar-refractivity contribution in [3.05, 3.63) is 12.7 Å². The van der Waals surface area contributed by atoms with Crippen molar-refractivity contribution in [2.45, 2.75) is 31.5 Å². The van der Waals surface area contributed by atoms with Crippen molar-refractivity contribution in [1.82, 2.24) is 5.32 Å². The van der Waals surface area contributed by atoms with Crippen molar-refractivity contribution in [1.29, 1.82) is 0 Å². The predicted molar refractivity (Wildman–Crippen MR) is 54.0 cm³/mol. The third-order valence-corrected chi connectivity index (χ3v) is 1.80. The molecule has 5 N–H and O–H groups in total.